The lowest BCUT2D eigenvalue weighted by molar-refractivity contribution is 0.0693. The Hall–Kier alpha value is -1.60. The summed E-state index contributed by atoms with van der Waals surface area (Å²) < 4.78 is 26.5. The first-order valence-corrected chi connectivity index (χ1v) is 8.11. The minimum Gasteiger partial charge on any atom is -0.507 e. The largest absolute Gasteiger partial charge is 0.507 e. The van der Waals surface area contributed by atoms with E-state index in [-0.39, 0.29) is 10.9 Å². The fraction of sp³-hybridized carbons (Fsp3) is 0.500. The number of nitrogens with zero attached hydrogens (tertiary/aromatic N) is 1. The van der Waals surface area contributed by atoms with Gasteiger partial charge in [-0.3, -0.25) is 0 Å². The lowest BCUT2D eigenvalue weighted by atomic mass is 10.1. The first-order chi connectivity index (χ1) is 9.62. The van der Waals surface area contributed by atoms with Gasteiger partial charge in [0.1, 0.15) is 11.3 Å². The monoisotopic (exact) mass is 315 g/mol. The van der Waals surface area contributed by atoms with Gasteiger partial charge in [-0.2, -0.15) is 4.31 Å². The van der Waals surface area contributed by atoms with E-state index in [1.807, 2.05) is 6.92 Å². The number of benzene rings is 1. The van der Waals surface area contributed by atoms with Crippen LogP contribution in [0.5, 0.6) is 5.75 Å². The first kappa shape index (κ1) is 17.5. The zero-order valence-electron chi connectivity index (χ0n) is 12.6. The fourth-order valence-electron chi connectivity index (χ4n) is 2.11. The number of aromatic carboxylic acids is 1. The Morgan fingerprint density at radius 3 is 2.43 bits per heavy atom. The third-order valence-corrected chi connectivity index (χ3v) is 5.62. The standard InChI is InChI=1S/C14H21NO5S/c1-5-6-10(3)15(4)21(19,20)13-8-11(14(17)18)12(16)7-9(13)2/h7-8,10,16H,5-6H2,1-4H3,(H,17,18). The van der Waals surface area contributed by atoms with E-state index in [0.29, 0.717) is 12.0 Å². The molecule has 0 spiro atoms. The Bertz CT molecular complexity index is 639. The Balaban J connectivity index is 3.38. The summed E-state index contributed by atoms with van der Waals surface area (Å²) in [4.78, 5) is 11.0. The molecule has 0 amide bonds. The van der Waals surface area contributed by atoms with Gasteiger partial charge in [-0.05, 0) is 38.0 Å². The minimum absolute atomic E-state index is 0.0943. The number of phenols is 1. The maximum absolute atomic E-state index is 12.6. The second kappa shape index (κ2) is 6.44. The predicted molar refractivity (Wildman–Crippen MR) is 79.1 cm³/mol. The van der Waals surface area contributed by atoms with Crippen molar-refractivity contribution in [3.05, 3.63) is 23.3 Å². The van der Waals surface area contributed by atoms with E-state index in [1.165, 1.54) is 18.3 Å². The van der Waals surface area contributed by atoms with E-state index >= 15 is 0 Å². The molecule has 7 heteroatoms. The van der Waals surface area contributed by atoms with Gasteiger partial charge in [0.2, 0.25) is 10.0 Å². The Kier molecular flexibility index (Phi) is 5.36. The summed E-state index contributed by atoms with van der Waals surface area (Å²) >= 11 is 0. The molecule has 1 rings (SSSR count). The molecule has 0 saturated carbocycles. The Labute approximate surface area is 125 Å². The number of carboxylic acid groups (broad SMARTS) is 1. The number of hydrogen-bond donors (Lipinski definition) is 2. The number of carbonyl (C=O) groups is 1. The molecule has 0 heterocycles. The van der Waals surface area contributed by atoms with Gasteiger partial charge < -0.3 is 10.2 Å². The zero-order chi connectivity index (χ0) is 16.4. The number of carboxylic acids is 1. The topological polar surface area (TPSA) is 94.9 Å². The van der Waals surface area contributed by atoms with Gasteiger partial charge in [0.25, 0.3) is 0 Å². The molecule has 0 saturated heterocycles. The molecule has 0 aliphatic heterocycles. The van der Waals surface area contributed by atoms with Crippen LogP contribution < -0.4 is 0 Å². The molecular weight excluding hydrogens is 294 g/mol. The highest BCUT2D eigenvalue weighted by Crippen LogP contribution is 2.28. The Morgan fingerprint density at radius 1 is 1.38 bits per heavy atom. The van der Waals surface area contributed by atoms with Crippen LogP contribution in [-0.4, -0.2) is 42.0 Å². The molecule has 1 atom stereocenters. The molecule has 0 aromatic heterocycles. The molecular formula is C14H21NO5S. The number of hydrogen-bond acceptors (Lipinski definition) is 4. The third kappa shape index (κ3) is 3.54. The quantitative estimate of drug-likeness (QED) is 0.839. The summed E-state index contributed by atoms with van der Waals surface area (Å²) in [5.74, 6) is -1.81. The van der Waals surface area contributed by atoms with Gasteiger partial charge in [0.15, 0.2) is 0 Å². The van der Waals surface area contributed by atoms with Crippen LogP contribution in [0.1, 0.15) is 42.6 Å². The molecule has 0 radical (unpaired) electrons. The van der Waals surface area contributed by atoms with Gasteiger partial charge >= 0.3 is 5.97 Å². The summed E-state index contributed by atoms with van der Waals surface area (Å²) in [7, 11) is -2.33. The molecule has 1 aromatic rings. The molecule has 0 bridgehead atoms. The van der Waals surface area contributed by atoms with Crippen LogP contribution in [0.25, 0.3) is 0 Å². The van der Waals surface area contributed by atoms with Crippen molar-refractivity contribution >= 4 is 16.0 Å². The van der Waals surface area contributed by atoms with Crippen molar-refractivity contribution in [2.75, 3.05) is 7.05 Å². The highest BCUT2D eigenvalue weighted by atomic mass is 32.2. The SMILES string of the molecule is CCCC(C)N(C)S(=O)(=O)c1cc(C(=O)O)c(O)cc1C. The maximum atomic E-state index is 12.6. The van der Waals surface area contributed by atoms with Crippen molar-refractivity contribution in [2.24, 2.45) is 0 Å². The minimum atomic E-state index is -3.80. The van der Waals surface area contributed by atoms with Crippen molar-refractivity contribution in [1.82, 2.24) is 4.31 Å². The van der Waals surface area contributed by atoms with Crippen LogP contribution in [0, 0.1) is 6.92 Å². The van der Waals surface area contributed by atoms with Crippen LogP contribution in [0.2, 0.25) is 0 Å². The average molecular weight is 315 g/mol. The van der Waals surface area contributed by atoms with E-state index < -0.39 is 27.3 Å². The number of aryl methyl sites for hydroxylation is 1. The van der Waals surface area contributed by atoms with Gasteiger partial charge in [-0.25, -0.2) is 13.2 Å². The van der Waals surface area contributed by atoms with Crippen LogP contribution in [0.4, 0.5) is 0 Å². The zero-order valence-corrected chi connectivity index (χ0v) is 13.4. The lowest BCUT2D eigenvalue weighted by Crippen LogP contribution is -2.35. The smallest absolute Gasteiger partial charge is 0.339 e. The van der Waals surface area contributed by atoms with Crippen molar-refractivity contribution in [1.29, 1.82) is 0 Å². The van der Waals surface area contributed by atoms with Gasteiger partial charge in [-0.1, -0.05) is 13.3 Å². The molecule has 21 heavy (non-hydrogen) atoms. The highest BCUT2D eigenvalue weighted by Gasteiger charge is 2.28. The van der Waals surface area contributed by atoms with E-state index in [9.17, 15) is 18.3 Å². The predicted octanol–water partition coefficient (Wildman–Crippen LogP) is 2.21. The third-order valence-electron chi connectivity index (χ3n) is 3.51. The van der Waals surface area contributed by atoms with E-state index in [4.69, 9.17) is 5.11 Å². The molecule has 2 N–H and O–H groups in total. The van der Waals surface area contributed by atoms with Gasteiger partial charge in [0, 0.05) is 13.1 Å². The molecule has 6 nitrogen and oxygen atoms in total. The van der Waals surface area contributed by atoms with E-state index in [2.05, 4.69) is 0 Å². The van der Waals surface area contributed by atoms with Crippen LogP contribution in [0.15, 0.2) is 17.0 Å². The first-order valence-electron chi connectivity index (χ1n) is 6.67. The van der Waals surface area contributed by atoms with Crippen molar-refractivity contribution in [2.45, 2.75) is 44.6 Å². The van der Waals surface area contributed by atoms with Crippen molar-refractivity contribution in [3.63, 3.8) is 0 Å². The van der Waals surface area contributed by atoms with Crippen molar-refractivity contribution < 1.29 is 23.4 Å². The molecule has 0 aliphatic rings. The fourth-order valence-corrected chi connectivity index (χ4v) is 3.74. The number of rotatable bonds is 6. The van der Waals surface area contributed by atoms with E-state index in [0.717, 1.165) is 18.6 Å². The number of aromatic hydroxyl groups is 1. The van der Waals surface area contributed by atoms with Gasteiger partial charge in [0.05, 0.1) is 4.90 Å². The van der Waals surface area contributed by atoms with E-state index in [1.54, 1.807) is 6.92 Å². The molecule has 118 valence electrons. The highest BCUT2D eigenvalue weighted by molar-refractivity contribution is 7.89. The van der Waals surface area contributed by atoms with Crippen molar-refractivity contribution in [3.8, 4) is 5.75 Å². The second-order valence-electron chi connectivity index (χ2n) is 5.10. The van der Waals surface area contributed by atoms with Gasteiger partial charge in [-0.15, -0.1) is 0 Å². The summed E-state index contributed by atoms with van der Waals surface area (Å²) in [6.45, 7) is 5.29. The van der Waals surface area contributed by atoms with Crippen LogP contribution in [-0.2, 0) is 10.0 Å². The maximum Gasteiger partial charge on any atom is 0.339 e. The molecule has 0 fully saturated rings. The average Bonchev–Trinajstić information content (AvgIpc) is 2.37. The van der Waals surface area contributed by atoms with Crippen LogP contribution >= 0.6 is 0 Å². The molecule has 1 aromatic carbocycles. The summed E-state index contributed by atoms with van der Waals surface area (Å²) in [6, 6.07) is 1.98. The summed E-state index contributed by atoms with van der Waals surface area (Å²) in [6.07, 6.45) is 1.55. The molecule has 0 aliphatic carbocycles. The van der Waals surface area contributed by atoms with Crippen LogP contribution in [0.3, 0.4) is 0 Å². The molecule has 1 unspecified atom stereocenters. The Morgan fingerprint density at radius 2 is 1.95 bits per heavy atom. The summed E-state index contributed by atoms with van der Waals surface area (Å²) in [5, 5.41) is 18.6. The lowest BCUT2D eigenvalue weighted by Gasteiger charge is -2.25. The summed E-state index contributed by atoms with van der Waals surface area (Å²) in [5.41, 5.74) is -0.108. The normalized spacial score (nSPS) is 13.4. The number of sulfonamides is 1. The second-order valence-corrected chi connectivity index (χ2v) is 7.06.